The summed E-state index contributed by atoms with van der Waals surface area (Å²) < 4.78 is 20.0. The predicted octanol–water partition coefficient (Wildman–Crippen LogP) is 0.814. The summed E-state index contributed by atoms with van der Waals surface area (Å²) in [7, 11) is -2.70. The van der Waals surface area contributed by atoms with Crippen molar-refractivity contribution >= 4 is 22.6 Å². The van der Waals surface area contributed by atoms with Crippen molar-refractivity contribution < 1.29 is 23.8 Å². The summed E-state index contributed by atoms with van der Waals surface area (Å²) in [4.78, 5) is 21.6. The molecule has 0 aromatic rings. The zero-order chi connectivity index (χ0) is 13.3. The van der Waals surface area contributed by atoms with Crippen LogP contribution < -0.4 is 10.6 Å². The number of carboxylic acids is 1. The van der Waals surface area contributed by atoms with Crippen molar-refractivity contribution in [1.29, 1.82) is 0 Å². The third-order valence-corrected chi connectivity index (χ3v) is 5.84. The molecule has 0 aliphatic carbocycles. The van der Waals surface area contributed by atoms with Crippen LogP contribution in [0, 0.1) is 0 Å². The molecule has 0 aromatic heterocycles. The Labute approximate surface area is 106 Å². The molecule has 2 aliphatic rings. The molecule has 2 heterocycles. The van der Waals surface area contributed by atoms with Crippen molar-refractivity contribution in [2.24, 2.45) is 0 Å². The summed E-state index contributed by atoms with van der Waals surface area (Å²) in [6.07, 6.45) is 1.75. The Morgan fingerprint density at radius 3 is 2.72 bits per heavy atom. The third-order valence-electron chi connectivity index (χ3n) is 3.49. The van der Waals surface area contributed by atoms with Gasteiger partial charge in [-0.3, -0.25) is 13.9 Å². The summed E-state index contributed by atoms with van der Waals surface area (Å²) in [5.41, 5.74) is 0. The molecule has 2 fully saturated rings. The Balaban J connectivity index is 1.88. The molecule has 8 heteroatoms. The van der Waals surface area contributed by atoms with Gasteiger partial charge in [-0.1, -0.05) is 6.42 Å². The maximum absolute atomic E-state index is 11.2. The number of urea groups is 1. The molecule has 3 atom stereocenters. The Bertz CT molecular complexity index is 362. The molecule has 2 aliphatic heterocycles. The van der Waals surface area contributed by atoms with E-state index in [0.29, 0.717) is 19.3 Å². The first-order chi connectivity index (χ1) is 8.40. The number of carboxylic acid groups (broad SMARTS) is 1. The molecule has 0 spiro atoms. The van der Waals surface area contributed by atoms with Crippen LogP contribution in [0.15, 0.2) is 0 Å². The molecule has 0 saturated carbocycles. The van der Waals surface area contributed by atoms with Gasteiger partial charge in [0.2, 0.25) is 0 Å². The molecule has 0 aromatic carbocycles. The lowest BCUT2D eigenvalue weighted by molar-refractivity contribution is -0.137. The van der Waals surface area contributed by atoms with Crippen LogP contribution in [0.1, 0.15) is 25.7 Å². The summed E-state index contributed by atoms with van der Waals surface area (Å²) in [6.45, 7) is 0. The fraction of sp³-hybridized carbons (Fsp3) is 0.800. The maximum Gasteiger partial charge on any atom is 0.315 e. The number of hydrogen-bond acceptors (Lipinski definition) is 4. The van der Waals surface area contributed by atoms with Gasteiger partial charge in [0.05, 0.1) is 23.1 Å². The molecular formula is C10H18N2O5S. The topological polar surface area (TPSA) is 119 Å². The van der Waals surface area contributed by atoms with Crippen molar-refractivity contribution in [1.82, 2.24) is 10.6 Å². The fourth-order valence-electron chi connectivity index (χ4n) is 2.66. The Hall–Kier alpha value is -0.990. The number of aliphatic carboxylic acids is 1. The number of hydrogen-bond donors (Lipinski definition) is 5. The number of rotatable bonds is 5. The first-order valence-electron chi connectivity index (χ1n) is 5.94. The van der Waals surface area contributed by atoms with Crippen molar-refractivity contribution in [3.05, 3.63) is 0 Å². The van der Waals surface area contributed by atoms with E-state index in [4.69, 9.17) is 5.11 Å². The van der Waals surface area contributed by atoms with E-state index in [1.165, 1.54) is 0 Å². The number of nitrogens with one attached hydrogen (secondary N) is 2. The zero-order valence-corrected chi connectivity index (χ0v) is 10.7. The lowest BCUT2D eigenvalue weighted by atomic mass is 10.0. The Kier molecular flexibility index (Phi) is 3.69. The molecule has 104 valence electrons. The van der Waals surface area contributed by atoms with Crippen LogP contribution in [0.3, 0.4) is 0 Å². The molecule has 2 amide bonds. The van der Waals surface area contributed by atoms with Crippen LogP contribution in [-0.2, 0) is 4.79 Å². The zero-order valence-electron chi connectivity index (χ0n) is 9.83. The smallest absolute Gasteiger partial charge is 0.315 e. The molecule has 0 unspecified atom stereocenters. The van der Waals surface area contributed by atoms with Gasteiger partial charge in [0, 0.05) is 6.42 Å². The van der Waals surface area contributed by atoms with Crippen LogP contribution in [0.5, 0.6) is 0 Å². The largest absolute Gasteiger partial charge is 0.481 e. The summed E-state index contributed by atoms with van der Waals surface area (Å²) >= 11 is 0. The second-order valence-corrected chi connectivity index (χ2v) is 7.19. The average molecular weight is 278 g/mol. The average Bonchev–Trinajstić information content (AvgIpc) is 2.66. The van der Waals surface area contributed by atoms with Gasteiger partial charge in [-0.05, 0) is 12.8 Å². The van der Waals surface area contributed by atoms with E-state index in [2.05, 4.69) is 10.6 Å². The number of unbranched alkanes of at least 4 members (excludes halogenated alkanes) is 1. The van der Waals surface area contributed by atoms with E-state index in [9.17, 15) is 18.7 Å². The van der Waals surface area contributed by atoms with Crippen LogP contribution in [0.4, 0.5) is 4.79 Å². The maximum atomic E-state index is 11.2. The van der Waals surface area contributed by atoms with Gasteiger partial charge in [0.15, 0.2) is 0 Å². The number of carbonyl (C=O) groups excluding carboxylic acids is 1. The fourth-order valence-corrected chi connectivity index (χ4v) is 5.00. The van der Waals surface area contributed by atoms with E-state index in [1.807, 2.05) is 0 Å². The van der Waals surface area contributed by atoms with Crippen LogP contribution >= 0.6 is 10.6 Å². The first kappa shape index (κ1) is 13.4. The van der Waals surface area contributed by atoms with Gasteiger partial charge >= 0.3 is 12.0 Å². The normalized spacial score (nSPS) is 34.6. The number of carbonyl (C=O) groups is 2. The Morgan fingerprint density at radius 1 is 1.33 bits per heavy atom. The quantitative estimate of drug-likeness (QED) is 0.377. The Morgan fingerprint density at radius 2 is 2.06 bits per heavy atom. The van der Waals surface area contributed by atoms with Crippen LogP contribution in [0.25, 0.3) is 0 Å². The second-order valence-electron chi connectivity index (χ2n) is 4.81. The monoisotopic (exact) mass is 278 g/mol. The van der Waals surface area contributed by atoms with E-state index >= 15 is 0 Å². The SMILES string of the molecule is O=C(O)CCCC[C@H]1[C@H]2NC(=O)N[C@H]2CS1(O)O. The predicted molar refractivity (Wildman–Crippen MR) is 66.9 cm³/mol. The van der Waals surface area contributed by atoms with Crippen LogP contribution in [-0.4, -0.2) is 49.3 Å². The standard InChI is InChI=1S/C10H18N2O5S/c13-8(14)4-2-1-3-7-9-6(5-18(7,16)17)11-10(15)12-9/h6-7,9,16-17H,1-5H2,(H,13,14)(H2,11,12,15)/t6-,7-,9-/m0/s1. The molecule has 0 bridgehead atoms. The second kappa shape index (κ2) is 4.94. The molecule has 2 rings (SSSR count). The molecule has 0 radical (unpaired) electrons. The van der Waals surface area contributed by atoms with Crippen molar-refractivity contribution in [3.8, 4) is 0 Å². The number of fused-ring (bicyclic) bond motifs is 1. The van der Waals surface area contributed by atoms with Gasteiger partial charge in [-0.25, -0.2) is 4.79 Å². The molecule has 7 nitrogen and oxygen atoms in total. The minimum atomic E-state index is -2.70. The van der Waals surface area contributed by atoms with E-state index in [-0.39, 0.29) is 35.5 Å². The lowest BCUT2D eigenvalue weighted by Crippen LogP contribution is -2.38. The van der Waals surface area contributed by atoms with E-state index in [0.717, 1.165) is 0 Å². The minimum absolute atomic E-state index is 0.0879. The van der Waals surface area contributed by atoms with E-state index in [1.54, 1.807) is 0 Å². The van der Waals surface area contributed by atoms with Gasteiger partial charge < -0.3 is 15.7 Å². The van der Waals surface area contributed by atoms with Gasteiger partial charge in [-0.15, -0.1) is 0 Å². The van der Waals surface area contributed by atoms with Crippen LogP contribution in [0.2, 0.25) is 0 Å². The molecule has 18 heavy (non-hydrogen) atoms. The number of amides is 2. The summed E-state index contributed by atoms with van der Waals surface area (Å²) in [6, 6.07) is -0.727. The summed E-state index contributed by atoms with van der Waals surface area (Å²) in [5, 5.41) is 13.5. The van der Waals surface area contributed by atoms with Gasteiger partial charge in [-0.2, -0.15) is 10.6 Å². The lowest BCUT2D eigenvalue weighted by Gasteiger charge is -2.35. The highest BCUT2D eigenvalue weighted by atomic mass is 32.3. The van der Waals surface area contributed by atoms with E-state index < -0.39 is 16.6 Å². The van der Waals surface area contributed by atoms with Gasteiger partial charge in [0.25, 0.3) is 0 Å². The minimum Gasteiger partial charge on any atom is -0.481 e. The van der Waals surface area contributed by atoms with Crippen molar-refractivity contribution in [3.63, 3.8) is 0 Å². The highest BCUT2D eigenvalue weighted by molar-refractivity contribution is 8.25. The first-order valence-corrected chi connectivity index (χ1v) is 7.71. The molecular weight excluding hydrogens is 260 g/mol. The molecule has 2 saturated heterocycles. The van der Waals surface area contributed by atoms with Gasteiger partial charge in [0.1, 0.15) is 0 Å². The highest BCUT2D eigenvalue weighted by Gasteiger charge is 2.50. The molecule has 5 N–H and O–H groups in total. The summed E-state index contributed by atoms with van der Waals surface area (Å²) in [5.74, 6) is -0.651. The van der Waals surface area contributed by atoms with Crippen molar-refractivity contribution in [2.75, 3.05) is 5.75 Å². The van der Waals surface area contributed by atoms with Crippen molar-refractivity contribution in [2.45, 2.75) is 43.0 Å². The highest BCUT2D eigenvalue weighted by Crippen LogP contribution is 2.54. The third kappa shape index (κ3) is 2.70.